The number of nitrogens with one attached hydrogen (secondary N) is 2. The largest absolute Gasteiger partial charge is 0.343 e. The highest BCUT2D eigenvalue weighted by atomic mass is 32.2. The van der Waals surface area contributed by atoms with Crippen LogP contribution in [0.5, 0.6) is 0 Å². The zero-order valence-electron chi connectivity index (χ0n) is 13.6. The Balaban J connectivity index is 2.12. The molecule has 0 aromatic carbocycles. The van der Waals surface area contributed by atoms with Gasteiger partial charge in [-0.15, -0.1) is 11.8 Å². The van der Waals surface area contributed by atoms with E-state index in [9.17, 15) is 9.59 Å². The fourth-order valence-corrected chi connectivity index (χ4v) is 4.64. The topological polar surface area (TPSA) is 61.4 Å². The fraction of sp³-hybridized carbons (Fsp3) is 0.867. The molecule has 4 atom stereocenters. The van der Waals surface area contributed by atoms with Crippen molar-refractivity contribution in [2.24, 2.45) is 5.41 Å². The Morgan fingerprint density at radius 3 is 2.76 bits per heavy atom. The van der Waals surface area contributed by atoms with Crippen molar-refractivity contribution in [2.75, 3.05) is 12.8 Å². The minimum absolute atomic E-state index is 0.0831. The van der Waals surface area contributed by atoms with E-state index in [4.69, 9.17) is 0 Å². The van der Waals surface area contributed by atoms with Crippen molar-refractivity contribution in [2.45, 2.75) is 64.0 Å². The second-order valence-corrected chi connectivity index (χ2v) is 8.09. The molecule has 1 unspecified atom stereocenters. The molecule has 6 heteroatoms. The molecule has 0 aromatic heterocycles. The van der Waals surface area contributed by atoms with Crippen LogP contribution in [0, 0.1) is 5.41 Å². The smallest absolute Gasteiger partial charge is 0.246 e. The molecule has 5 nitrogen and oxygen atoms in total. The van der Waals surface area contributed by atoms with E-state index in [0.29, 0.717) is 6.42 Å². The number of hydrogen-bond acceptors (Lipinski definition) is 4. The molecule has 2 N–H and O–H groups in total. The van der Waals surface area contributed by atoms with Crippen molar-refractivity contribution in [1.82, 2.24) is 15.5 Å². The van der Waals surface area contributed by atoms with E-state index in [0.717, 1.165) is 12.2 Å². The maximum Gasteiger partial charge on any atom is 0.246 e. The SMILES string of the molecule is CN[C@@H](C)C(=O)N[C@H]1CCSC2CC(C)(C)[C@@H](C)N2C1=O. The monoisotopic (exact) mass is 313 g/mol. The first-order valence-electron chi connectivity index (χ1n) is 7.69. The third-order valence-electron chi connectivity index (χ3n) is 4.97. The number of nitrogens with zero attached hydrogens (tertiary/aromatic N) is 1. The van der Waals surface area contributed by atoms with Gasteiger partial charge in [-0.3, -0.25) is 9.59 Å². The summed E-state index contributed by atoms with van der Waals surface area (Å²) in [5.41, 5.74) is 0.136. The molecular weight excluding hydrogens is 286 g/mol. The van der Waals surface area contributed by atoms with E-state index in [-0.39, 0.29) is 40.7 Å². The number of hydrogen-bond donors (Lipinski definition) is 2. The van der Waals surface area contributed by atoms with Crippen molar-refractivity contribution >= 4 is 23.6 Å². The van der Waals surface area contributed by atoms with E-state index in [1.807, 2.05) is 16.7 Å². The number of carbonyl (C=O) groups excluding carboxylic acids is 2. The van der Waals surface area contributed by atoms with Gasteiger partial charge in [-0.2, -0.15) is 0 Å². The van der Waals surface area contributed by atoms with Crippen LogP contribution in [0.15, 0.2) is 0 Å². The molecule has 2 saturated heterocycles. The van der Waals surface area contributed by atoms with E-state index >= 15 is 0 Å². The van der Waals surface area contributed by atoms with Gasteiger partial charge in [0.15, 0.2) is 0 Å². The molecule has 2 aliphatic rings. The molecule has 2 fully saturated rings. The number of likely N-dealkylation sites (N-methyl/N-ethyl adjacent to an activating group) is 1. The number of rotatable bonds is 3. The van der Waals surface area contributed by atoms with Gasteiger partial charge in [-0.1, -0.05) is 13.8 Å². The first-order chi connectivity index (χ1) is 9.77. The molecule has 120 valence electrons. The molecule has 0 bridgehead atoms. The van der Waals surface area contributed by atoms with Crippen LogP contribution in [0.2, 0.25) is 0 Å². The van der Waals surface area contributed by atoms with Crippen LogP contribution in [0.4, 0.5) is 0 Å². The van der Waals surface area contributed by atoms with Gasteiger partial charge in [-0.25, -0.2) is 0 Å². The molecule has 0 saturated carbocycles. The zero-order valence-corrected chi connectivity index (χ0v) is 14.4. The maximum atomic E-state index is 12.8. The predicted molar refractivity (Wildman–Crippen MR) is 86.0 cm³/mol. The third kappa shape index (κ3) is 3.21. The summed E-state index contributed by atoms with van der Waals surface area (Å²) >= 11 is 1.85. The van der Waals surface area contributed by atoms with Crippen LogP contribution >= 0.6 is 11.8 Å². The highest BCUT2D eigenvalue weighted by Gasteiger charge is 2.49. The summed E-state index contributed by atoms with van der Waals surface area (Å²) in [6, 6.07) is -0.458. The lowest BCUT2D eigenvalue weighted by Gasteiger charge is -2.32. The van der Waals surface area contributed by atoms with Crippen molar-refractivity contribution in [3.05, 3.63) is 0 Å². The number of thioether (sulfide) groups is 1. The summed E-state index contributed by atoms with van der Waals surface area (Å²) in [7, 11) is 1.75. The normalized spacial score (nSPS) is 33.3. The van der Waals surface area contributed by atoms with Crippen LogP contribution in [-0.2, 0) is 9.59 Å². The first-order valence-corrected chi connectivity index (χ1v) is 8.74. The summed E-state index contributed by atoms with van der Waals surface area (Å²) in [6.45, 7) is 8.36. The van der Waals surface area contributed by atoms with Crippen molar-refractivity contribution in [1.29, 1.82) is 0 Å². The summed E-state index contributed by atoms with van der Waals surface area (Å²) in [5.74, 6) is 0.888. The van der Waals surface area contributed by atoms with Gasteiger partial charge in [0.1, 0.15) is 6.04 Å². The Hall–Kier alpha value is -0.750. The minimum Gasteiger partial charge on any atom is -0.343 e. The quantitative estimate of drug-likeness (QED) is 0.822. The molecular formula is C15H27N3O2S. The standard InChI is InChI=1S/C15H27N3O2S/c1-9(16-5)13(19)17-11-6-7-21-12-8-15(3,4)10(2)18(12)14(11)20/h9-12,16H,6-8H2,1-5H3,(H,17,19)/t9-,10+,11-,12?/m0/s1. The van der Waals surface area contributed by atoms with E-state index in [2.05, 4.69) is 31.4 Å². The molecule has 0 aliphatic carbocycles. The van der Waals surface area contributed by atoms with E-state index in [1.54, 1.807) is 14.0 Å². The average Bonchev–Trinajstić information content (AvgIpc) is 2.55. The number of fused-ring (bicyclic) bond motifs is 1. The Bertz CT molecular complexity index is 427. The highest BCUT2D eigenvalue weighted by Crippen LogP contribution is 2.45. The fourth-order valence-electron chi connectivity index (χ4n) is 3.00. The molecule has 0 radical (unpaired) electrons. The Morgan fingerprint density at radius 2 is 2.14 bits per heavy atom. The van der Waals surface area contributed by atoms with Crippen LogP contribution in [0.25, 0.3) is 0 Å². The second-order valence-electron chi connectivity index (χ2n) is 6.80. The molecule has 2 aliphatic heterocycles. The molecule has 2 heterocycles. The molecule has 21 heavy (non-hydrogen) atoms. The van der Waals surface area contributed by atoms with Crippen molar-refractivity contribution in [3.8, 4) is 0 Å². The third-order valence-corrected chi connectivity index (χ3v) is 6.22. The lowest BCUT2D eigenvalue weighted by molar-refractivity contribution is -0.138. The second kappa shape index (κ2) is 6.16. The van der Waals surface area contributed by atoms with Gasteiger partial charge < -0.3 is 15.5 Å². The Labute approximate surface area is 131 Å². The van der Waals surface area contributed by atoms with Gasteiger partial charge in [-0.05, 0) is 44.9 Å². The molecule has 2 rings (SSSR count). The summed E-state index contributed by atoms with van der Waals surface area (Å²) < 4.78 is 0. The summed E-state index contributed by atoms with van der Waals surface area (Å²) in [5, 5.41) is 6.08. The summed E-state index contributed by atoms with van der Waals surface area (Å²) in [6.07, 6.45) is 1.74. The van der Waals surface area contributed by atoms with E-state index in [1.165, 1.54) is 0 Å². The lowest BCUT2D eigenvalue weighted by Crippen LogP contribution is -2.54. The number of amides is 2. The van der Waals surface area contributed by atoms with Gasteiger partial charge in [0, 0.05) is 6.04 Å². The molecule has 0 spiro atoms. The zero-order chi connectivity index (χ0) is 15.8. The van der Waals surface area contributed by atoms with Gasteiger partial charge in [0.25, 0.3) is 0 Å². The van der Waals surface area contributed by atoms with Gasteiger partial charge in [0.05, 0.1) is 11.4 Å². The maximum absolute atomic E-state index is 12.8. The molecule has 2 amide bonds. The minimum atomic E-state index is -0.387. The van der Waals surface area contributed by atoms with E-state index < -0.39 is 0 Å². The Kier molecular flexibility index (Phi) is 4.88. The van der Waals surface area contributed by atoms with Crippen molar-refractivity contribution < 1.29 is 9.59 Å². The van der Waals surface area contributed by atoms with Crippen molar-refractivity contribution in [3.63, 3.8) is 0 Å². The van der Waals surface area contributed by atoms with Crippen LogP contribution in [-0.4, -0.2) is 53.0 Å². The number of carbonyl (C=O) groups is 2. The Morgan fingerprint density at radius 1 is 1.48 bits per heavy atom. The van der Waals surface area contributed by atoms with Gasteiger partial charge in [0.2, 0.25) is 11.8 Å². The lowest BCUT2D eigenvalue weighted by atomic mass is 9.86. The van der Waals surface area contributed by atoms with Crippen LogP contribution < -0.4 is 10.6 Å². The van der Waals surface area contributed by atoms with Gasteiger partial charge >= 0.3 is 0 Å². The average molecular weight is 313 g/mol. The summed E-state index contributed by atoms with van der Waals surface area (Å²) in [4.78, 5) is 26.9. The van der Waals surface area contributed by atoms with Crippen LogP contribution in [0.3, 0.4) is 0 Å². The predicted octanol–water partition coefficient (Wildman–Crippen LogP) is 1.19. The molecule has 0 aromatic rings. The first kappa shape index (κ1) is 16.6. The van der Waals surface area contributed by atoms with Crippen LogP contribution in [0.1, 0.15) is 40.5 Å². The highest BCUT2D eigenvalue weighted by molar-refractivity contribution is 7.99.